The third-order valence-corrected chi connectivity index (χ3v) is 8.13. The van der Waals surface area contributed by atoms with E-state index in [-0.39, 0.29) is 5.25 Å². The number of rotatable bonds is 8. The summed E-state index contributed by atoms with van der Waals surface area (Å²) in [4.78, 5) is 4.42. The molecule has 4 nitrogen and oxygen atoms in total. The molecule has 1 aromatic carbocycles. The van der Waals surface area contributed by atoms with Crippen molar-refractivity contribution in [1.29, 1.82) is 0 Å². The zero-order chi connectivity index (χ0) is 20.0. The number of para-hydroxylation sites is 1. The quantitative estimate of drug-likeness (QED) is 0.591. The van der Waals surface area contributed by atoms with Gasteiger partial charge in [-0.15, -0.1) is 0 Å². The highest BCUT2D eigenvalue weighted by Crippen LogP contribution is 2.33. The Morgan fingerprint density at radius 3 is 2.29 bits per heavy atom. The van der Waals surface area contributed by atoms with E-state index in [0.29, 0.717) is 23.5 Å². The lowest BCUT2D eigenvalue weighted by Crippen LogP contribution is -2.26. The van der Waals surface area contributed by atoms with Crippen LogP contribution in [0.25, 0.3) is 0 Å². The lowest BCUT2D eigenvalue weighted by molar-refractivity contribution is 0.278. The Morgan fingerprint density at radius 2 is 1.68 bits per heavy atom. The van der Waals surface area contributed by atoms with Crippen molar-refractivity contribution in [1.82, 2.24) is 4.98 Å². The fraction of sp³-hybridized carbons (Fsp3) is 0.522. The third kappa shape index (κ3) is 6.06. The molecule has 0 N–H and O–H groups in total. The third-order valence-electron chi connectivity index (χ3n) is 5.76. The number of benzene rings is 1. The van der Waals surface area contributed by atoms with Gasteiger partial charge in [-0.05, 0) is 69.1 Å². The van der Waals surface area contributed by atoms with Crippen LogP contribution in [0.3, 0.4) is 0 Å². The molecular formula is C23H31NO3S. The van der Waals surface area contributed by atoms with Gasteiger partial charge in [0.1, 0.15) is 5.75 Å². The predicted octanol–water partition coefficient (Wildman–Crippen LogP) is 5.44. The largest absolute Gasteiger partial charge is 0.439 e. The minimum absolute atomic E-state index is 0.258. The Balaban J connectivity index is 1.42. The van der Waals surface area contributed by atoms with E-state index in [1.54, 1.807) is 13.8 Å². The van der Waals surface area contributed by atoms with Crippen molar-refractivity contribution in [2.24, 2.45) is 11.8 Å². The van der Waals surface area contributed by atoms with Crippen LogP contribution in [0.1, 0.15) is 51.5 Å². The van der Waals surface area contributed by atoms with Crippen molar-refractivity contribution >= 4 is 9.84 Å². The highest BCUT2D eigenvalue weighted by molar-refractivity contribution is 7.91. The lowest BCUT2D eigenvalue weighted by atomic mass is 9.80. The zero-order valence-corrected chi connectivity index (χ0v) is 17.7. The second-order valence-corrected chi connectivity index (χ2v) is 10.8. The average molecular weight is 402 g/mol. The fourth-order valence-corrected chi connectivity index (χ4v) is 5.18. The summed E-state index contributed by atoms with van der Waals surface area (Å²) in [5.74, 6) is 2.81. The molecule has 1 saturated carbocycles. The molecule has 1 heterocycles. The highest BCUT2D eigenvalue weighted by atomic mass is 32.2. The van der Waals surface area contributed by atoms with Gasteiger partial charge in [0.25, 0.3) is 0 Å². The first-order valence-electron chi connectivity index (χ1n) is 10.3. The Bertz CT molecular complexity index is 824. The van der Waals surface area contributed by atoms with E-state index in [4.69, 9.17) is 4.74 Å². The van der Waals surface area contributed by atoms with Gasteiger partial charge < -0.3 is 4.74 Å². The maximum absolute atomic E-state index is 12.1. The summed E-state index contributed by atoms with van der Waals surface area (Å²) in [5, 5.41) is -0.258. The molecule has 1 aromatic heterocycles. The van der Waals surface area contributed by atoms with E-state index in [0.717, 1.165) is 44.3 Å². The number of aromatic nitrogens is 1. The highest BCUT2D eigenvalue weighted by Gasteiger charge is 2.27. The summed E-state index contributed by atoms with van der Waals surface area (Å²) < 4.78 is 30.0. The molecule has 1 aliphatic rings. The van der Waals surface area contributed by atoms with Gasteiger partial charge in [-0.2, -0.15) is 0 Å². The van der Waals surface area contributed by atoms with Crippen LogP contribution >= 0.6 is 0 Å². The first kappa shape index (κ1) is 20.8. The van der Waals surface area contributed by atoms with E-state index in [2.05, 4.69) is 11.1 Å². The minimum Gasteiger partial charge on any atom is -0.439 e. The monoisotopic (exact) mass is 401 g/mol. The molecule has 1 aliphatic carbocycles. The van der Waals surface area contributed by atoms with Crippen molar-refractivity contribution in [3.63, 3.8) is 0 Å². The van der Waals surface area contributed by atoms with E-state index >= 15 is 0 Å². The molecule has 0 spiro atoms. The van der Waals surface area contributed by atoms with Gasteiger partial charge in [0, 0.05) is 12.3 Å². The maximum Gasteiger partial charge on any atom is 0.219 e. The zero-order valence-electron chi connectivity index (χ0n) is 16.9. The summed E-state index contributed by atoms with van der Waals surface area (Å²) in [6.07, 6.45) is 8.42. The Hall–Kier alpha value is -1.88. The standard InChI is InChI=1S/C23H31NO3S/c1-18(2)28(25,26)17-21-12-9-19(10-13-21)8-11-20-14-15-23(24-16-20)27-22-6-4-3-5-7-22/h3-7,14-16,18-19,21H,8-13,17H2,1-2H3. The van der Waals surface area contributed by atoms with Crippen LogP contribution in [0.15, 0.2) is 48.7 Å². The van der Waals surface area contributed by atoms with Crippen LogP contribution in [-0.2, 0) is 16.3 Å². The number of sulfone groups is 1. The molecule has 0 saturated heterocycles. The molecule has 0 amide bonds. The van der Waals surface area contributed by atoms with Crippen LogP contribution in [0, 0.1) is 11.8 Å². The van der Waals surface area contributed by atoms with Gasteiger partial charge in [-0.1, -0.05) is 37.1 Å². The molecule has 0 atom stereocenters. The van der Waals surface area contributed by atoms with Gasteiger partial charge in [-0.3, -0.25) is 0 Å². The minimum atomic E-state index is -2.92. The van der Waals surface area contributed by atoms with E-state index in [1.165, 1.54) is 5.56 Å². The number of ether oxygens (including phenoxy) is 1. The number of nitrogens with zero attached hydrogens (tertiary/aromatic N) is 1. The number of hydrogen-bond acceptors (Lipinski definition) is 4. The lowest BCUT2D eigenvalue weighted by Gasteiger charge is -2.28. The molecule has 1 fully saturated rings. The normalized spacial score (nSPS) is 20.2. The topological polar surface area (TPSA) is 56.3 Å². The van der Waals surface area contributed by atoms with Gasteiger partial charge in [0.2, 0.25) is 5.88 Å². The molecule has 0 bridgehead atoms. The number of aryl methyl sites for hydroxylation is 1. The predicted molar refractivity (Wildman–Crippen MR) is 113 cm³/mol. The van der Waals surface area contributed by atoms with Gasteiger partial charge in [0.05, 0.1) is 11.0 Å². The second kappa shape index (κ2) is 9.55. The van der Waals surface area contributed by atoms with Crippen LogP contribution in [-0.4, -0.2) is 24.4 Å². The van der Waals surface area contributed by atoms with Crippen LogP contribution in [0.5, 0.6) is 11.6 Å². The second-order valence-electron chi connectivity index (χ2n) is 8.22. The smallest absolute Gasteiger partial charge is 0.219 e. The summed E-state index contributed by atoms with van der Waals surface area (Å²) >= 11 is 0. The van der Waals surface area contributed by atoms with Crippen molar-refractivity contribution in [2.75, 3.05) is 5.75 Å². The Labute approximate surface area is 169 Å². The molecule has 0 unspecified atom stereocenters. The number of hydrogen-bond donors (Lipinski definition) is 0. The Morgan fingerprint density at radius 1 is 1.00 bits per heavy atom. The van der Waals surface area contributed by atoms with Crippen LogP contribution in [0.2, 0.25) is 0 Å². The van der Waals surface area contributed by atoms with Crippen molar-refractivity contribution < 1.29 is 13.2 Å². The summed E-state index contributed by atoms with van der Waals surface area (Å²) in [6.45, 7) is 3.57. The van der Waals surface area contributed by atoms with E-state index in [1.807, 2.05) is 42.6 Å². The molecule has 0 aliphatic heterocycles. The molecule has 2 aromatic rings. The first-order chi connectivity index (χ1) is 13.4. The van der Waals surface area contributed by atoms with Crippen LogP contribution in [0.4, 0.5) is 0 Å². The number of pyridine rings is 1. The van der Waals surface area contributed by atoms with E-state index in [9.17, 15) is 8.42 Å². The fourth-order valence-electron chi connectivity index (χ4n) is 3.81. The molecule has 5 heteroatoms. The van der Waals surface area contributed by atoms with Gasteiger partial charge >= 0.3 is 0 Å². The Kier molecular flexibility index (Phi) is 7.11. The van der Waals surface area contributed by atoms with Crippen molar-refractivity contribution in [3.8, 4) is 11.6 Å². The van der Waals surface area contributed by atoms with Crippen molar-refractivity contribution in [2.45, 2.75) is 57.6 Å². The summed E-state index contributed by atoms with van der Waals surface area (Å²) in [7, 11) is -2.92. The summed E-state index contributed by atoms with van der Waals surface area (Å²) in [6, 6.07) is 13.7. The average Bonchev–Trinajstić information content (AvgIpc) is 2.69. The summed E-state index contributed by atoms with van der Waals surface area (Å²) in [5.41, 5.74) is 1.23. The first-order valence-corrected chi connectivity index (χ1v) is 12.0. The van der Waals surface area contributed by atoms with Gasteiger partial charge in [-0.25, -0.2) is 13.4 Å². The van der Waals surface area contributed by atoms with E-state index < -0.39 is 9.84 Å². The maximum atomic E-state index is 12.1. The SMILES string of the molecule is CC(C)S(=O)(=O)CC1CCC(CCc2ccc(Oc3ccccc3)nc2)CC1. The van der Waals surface area contributed by atoms with Crippen LogP contribution < -0.4 is 4.74 Å². The molecule has 152 valence electrons. The molecule has 28 heavy (non-hydrogen) atoms. The molecule has 3 rings (SSSR count). The van der Waals surface area contributed by atoms with Crippen molar-refractivity contribution in [3.05, 3.63) is 54.2 Å². The molecule has 0 radical (unpaired) electrons. The van der Waals surface area contributed by atoms with Gasteiger partial charge in [0.15, 0.2) is 9.84 Å². The molecular weight excluding hydrogens is 370 g/mol.